The minimum Gasteiger partial charge on any atom is -0.463 e. The molecule has 0 aliphatic heterocycles. The highest BCUT2D eigenvalue weighted by atomic mass is 28.3. The van der Waals surface area contributed by atoms with Crippen LogP contribution in [-0.2, 0) is 6.18 Å². The molecule has 2 aromatic rings. The summed E-state index contributed by atoms with van der Waals surface area (Å²) in [5.74, 6) is 2.80. The predicted octanol–water partition coefficient (Wildman–Crippen LogP) is 3.81. The zero-order valence-corrected chi connectivity index (χ0v) is 13.1. The van der Waals surface area contributed by atoms with E-state index in [9.17, 15) is 18.0 Å². The SMILES string of the molecule is C[Si](C)(C)C#Cc1nn(C(=O)O)c2cc(C(F)(F)F)ccc12. The third-order valence-corrected chi connectivity index (χ3v) is 3.62. The minimum absolute atomic E-state index is 0.123. The lowest BCUT2D eigenvalue weighted by Crippen LogP contribution is -2.16. The molecule has 0 saturated carbocycles. The maximum Gasteiger partial charge on any atom is 0.432 e. The Bertz CT molecular complexity index is 808. The first-order valence-corrected chi connectivity index (χ1v) is 9.85. The predicted molar refractivity (Wildman–Crippen MR) is 78.4 cm³/mol. The average molecular weight is 326 g/mol. The molecule has 0 amide bonds. The zero-order chi connectivity index (χ0) is 16.7. The molecule has 2 rings (SSSR count). The van der Waals surface area contributed by atoms with Crippen LogP contribution in [0.15, 0.2) is 18.2 Å². The first kappa shape index (κ1) is 16.1. The van der Waals surface area contributed by atoms with Crippen LogP contribution in [0.25, 0.3) is 10.9 Å². The molecule has 1 heterocycles. The van der Waals surface area contributed by atoms with Gasteiger partial charge in [-0.2, -0.15) is 23.0 Å². The quantitative estimate of drug-likeness (QED) is 0.591. The van der Waals surface area contributed by atoms with Crippen LogP contribution in [0.3, 0.4) is 0 Å². The second kappa shape index (κ2) is 5.17. The molecule has 0 aliphatic rings. The summed E-state index contributed by atoms with van der Waals surface area (Å²) in [4.78, 5) is 11.2. The van der Waals surface area contributed by atoms with Crippen LogP contribution in [0.1, 0.15) is 11.3 Å². The number of fused-ring (bicyclic) bond motifs is 1. The van der Waals surface area contributed by atoms with Crippen molar-refractivity contribution in [2.75, 3.05) is 0 Å². The number of halogens is 3. The molecule has 0 aliphatic carbocycles. The maximum atomic E-state index is 12.8. The fourth-order valence-corrected chi connectivity index (χ4v) is 2.27. The first-order valence-electron chi connectivity index (χ1n) is 6.35. The van der Waals surface area contributed by atoms with E-state index in [-0.39, 0.29) is 11.2 Å². The molecule has 0 radical (unpaired) electrons. The topological polar surface area (TPSA) is 55.1 Å². The van der Waals surface area contributed by atoms with E-state index in [1.807, 2.05) is 19.6 Å². The van der Waals surface area contributed by atoms with E-state index in [2.05, 4.69) is 16.6 Å². The van der Waals surface area contributed by atoms with Gasteiger partial charge < -0.3 is 5.11 Å². The lowest BCUT2D eigenvalue weighted by molar-refractivity contribution is -0.137. The number of aromatic nitrogens is 2. The van der Waals surface area contributed by atoms with Crippen LogP contribution < -0.4 is 0 Å². The summed E-state index contributed by atoms with van der Waals surface area (Å²) in [6.07, 6.45) is -6.00. The van der Waals surface area contributed by atoms with Gasteiger partial charge in [-0.25, -0.2) is 4.79 Å². The number of benzene rings is 1. The monoisotopic (exact) mass is 326 g/mol. The van der Waals surface area contributed by atoms with Gasteiger partial charge in [0, 0.05) is 5.39 Å². The van der Waals surface area contributed by atoms with Gasteiger partial charge in [0.05, 0.1) is 11.1 Å². The molecule has 0 atom stereocenters. The van der Waals surface area contributed by atoms with Gasteiger partial charge in [-0.05, 0) is 18.2 Å². The van der Waals surface area contributed by atoms with Crippen molar-refractivity contribution in [3.05, 3.63) is 29.5 Å². The van der Waals surface area contributed by atoms with Gasteiger partial charge in [0.1, 0.15) is 13.8 Å². The number of carbonyl (C=O) groups is 1. The van der Waals surface area contributed by atoms with Crippen LogP contribution in [0.4, 0.5) is 18.0 Å². The molecule has 1 aromatic carbocycles. The highest BCUT2D eigenvalue weighted by molar-refractivity contribution is 6.83. The van der Waals surface area contributed by atoms with Crippen molar-refractivity contribution < 1.29 is 23.1 Å². The normalized spacial score (nSPS) is 12.1. The molecule has 0 fully saturated rings. The molecule has 8 heteroatoms. The summed E-state index contributed by atoms with van der Waals surface area (Å²) in [6.45, 7) is 5.99. The molecule has 0 unspecified atom stereocenters. The second-order valence-corrected chi connectivity index (χ2v) is 10.5. The maximum absolute atomic E-state index is 12.8. The second-order valence-electron chi connectivity index (χ2n) is 5.77. The fraction of sp³-hybridized carbons (Fsp3) is 0.286. The van der Waals surface area contributed by atoms with Crippen LogP contribution in [-0.4, -0.2) is 29.1 Å². The molecule has 1 aromatic heterocycles. The van der Waals surface area contributed by atoms with Crippen molar-refractivity contribution in [1.29, 1.82) is 0 Å². The summed E-state index contributed by atoms with van der Waals surface area (Å²) in [5.41, 5.74) is 2.15. The lowest BCUT2D eigenvalue weighted by Gasteiger charge is -2.06. The van der Waals surface area contributed by atoms with E-state index < -0.39 is 25.9 Å². The van der Waals surface area contributed by atoms with Crippen molar-refractivity contribution in [3.8, 4) is 11.5 Å². The average Bonchev–Trinajstić information content (AvgIpc) is 2.72. The van der Waals surface area contributed by atoms with Gasteiger partial charge in [-0.1, -0.05) is 25.6 Å². The summed E-state index contributed by atoms with van der Waals surface area (Å²) in [6, 6.07) is 2.88. The van der Waals surface area contributed by atoms with Crippen molar-refractivity contribution in [1.82, 2.24) is 9.78 Å². The van der Waals surface area contributed by atoms with Gasteiger partial charge in [-0.3, -0.25) is 0 Å². The molecule has 0 spiro atoms. The molecule has 0 saturated heterocycles. The molecule has 4 nitrogen and oxygen atoms in total. The Balaban J connectivity index is 2.71. The molecule has 0 bridgehead atoms. The molecule has 116 valence electrons. The van der Waals surface area contributed by atoms with E-state index >= 15 is 0 Å². The van der Waals surface area contributed by atoms with Gasteiger partial charge >= 0.3 is 12.3 Å². The number of nitrogens with zero attached hydrogens (tertiary/aromatic N) is 2. The van der Waals surface area contributed by atoms with Gasteiger partial charge in [-0.15, -0.1) is 5.54 Å². The molecule has 1 N–H and O–H groups in total. The van der Waals surface area contributed by atoms with E-state index in [4.69, 9.17) is 5.11 Å². The zero-order valence-electron chi connectivity index (χ0n) is 12.1. The van der Waals surface area contributed by atoms with Crippen LogP contribution >= 0.6 is 0 Å². The van der Waals surface area contributed by atoms with Crippen molar-refractivity contribution in [3.63, 3.8) is 0 Å². The van der Waals surface area contributed by atoms with Crippen molar-refractivity contribution in [2.24, 2.45) is 0 Å². The van der Waals surface area contributed by atoms with Crippen LogP contribution in [0.5, 0.6) is 0 Å². The van der Waals surface area contributed by atoms with Crippen LogP contribution in [0.2, 0.25) is 19.6 Å². The summed E-state index contributed by atoms with van der Waals surface area (Å²) in [5, 5.41) is 13.2. The fourth-order valence-electron chi connectivity index (χ4n) is 1.78. The first-order chi connectivity index (χ1) is 9.99. The van der Waals surface area contributed by atoms with Gasteiger partial charge in [0.2, 0.25) is 0 Å². The number of alkyl halides is 3. The standard InChI is InChI=1S/C14H13F3N2O2Si/c1-22(2,3)7-6-11-10-5-4-9(14(15,16)17)8-12(10)19(18-11)13(20)21/h4-5,8H,1-3H3,(H,20,21). The number of hydrogen-bond donors (Lipinski definition) is 1. The Kier molecular flexibility index (Phi) is 3.79. The van der Waals surface area contributed by atoms with Gasteiger partial charge in [0.25, 0.3) is 0 Å². The van der Waals surface area contributed by atoms with E-state index in [0.717, 1.165) is 12.1 Å². The molecular formula is C14H13F3N2O2Si. The number of rotatable bonds is 0. The third-order valence-electron chi connectivity index (χ3n) is 2.75. The summed E-state index contributed by atoms with van der Waals surface area (Å²) in [7, 11) is -1.72. The number of carboxylic acid groups (broad SMARTS) is 1. The highest BCUT2D eigenvalue weighted by Crippen LogP contribution is 2.32. The Morgan fingerprint density at radius 3 is 2.45 bits per heavy atom. The Morgan fingerprint density at radius 2 is 1.95 bits per heavy atom. The Morgan fingerprint density at radius 1 is 1.32 bits per heavy atom. The van der Waals surface area contributed by atoms with Crippen molar-refractivity contribution in [2.45, 2.75) is 25.8 Å². The highest BCUT2D eigenvalue weighted by Gasteiger charge is 2.31. The minimum atomic E-state index is -4.55. The van der Waals surface area contributed by atoms with E-state index in [0.29, 0.717) is 10.1 Å². The summed E-state index contributed by atoms with van der Waals surface area (Å²) >= 11 is 0. The number of hydrogen-bond acceptors (Lipinski definition) is 2. The molecular weight excluding hydrogens is 313 g/mol. The Hall–Kier alpha value is -2.27. The lowest BCUT2D eigenvalue weighted by atomic mass is 10.1. The van der Waals surface area contributed by atoms with E-state index in [1.165, 1.54) is 6.07 Å². The summed E-state index contributed by atoms with van der Waals surface area (Å²) < 4.78 is 38.8. The van der Waals surface area contributed by atoms with Crippen molar-refractivity contribution >= 4 is 25.1 Å². The third kappa shape index (κ3) is 3.31. The smallest absolute Gasteiger partial charge is 0.432 e. The van der Waals surface area contributed by atoms with E-state index in [1.54, 1.807) is 0 Å². The largest absolute Gasteiger partial charge is 0.463 e. The molecule has 22 heavy (non-hydrogen) atoms. The van der Waals surface area contributed by atoms with Crippen LogP contribution in [0, 0.1) is 11.5 Å². The Labute approximate surface area is 125 Å². The van der Waals surface area contributed by atoms with Gasteiger partial charge in [0.15, 0.2) is 0 Å².